The van der Waals surface area contributed by atoms with E-state index in [2.05, 4.69) is 10.3 Å². The van der Waals surface area contributed by atoms with Crippen LogP contribution in [0.4, 0.5) is 0 Å². The van der Waals surface area contributed by atoms with Crippen LogP contribution in [0.5, 0.6) is 0 Å². The maximum Gasteiger partial charge on any atom is 0.305 e. The van der Waals surface area contributed by atoms with E-state index in [1.54, 1.807) is 38.1 Å². The SMILES string of the molecule is CC(C)N[C@@]1(O)[C@](O)(Cl)[C@](Cl)(CO)O[C@@]1(O)n1cnc2ccccc21. The molecule has 0 aliphatic carbocycles. The number of hydrogen-bond acceptors (Lipinski definition) is 7. The van der Waals surface area contributed by atoms with E-state index in [9.17, 15) is 20.4 Å². The fraction of sp³-hybridized carbons (Fsp3) is 0.533. The average Bonchev–Trinajstić information content (AvgIpc) is 3.01. The molecule has 1 aromatic carbocycles. The van der Waals surface area contributed by atoms with Gasteiger partial charge in [-0.15, -0.1) is 0 Å². The summed E-state index contributed by atoms with van der Waals surface area (Å²) in [6.07, 6.45) is 1.21. The summed E-state index contributed by atoms with van der Waals surface area (Å²) >= 11 is 12.2. The van der Waals surface area contributed by atoms with Gasteiger partial charge in [0.05, 0.1) is 17.6 Å². The van der Waals surface area contributed by atoms with Crippen LogP contribution >= 0.6 is 23.2 Å². The van der Waals surface area contributed by atoms with Crippen LogP contribution in [0.1, 0.15) is 13.8 Å². The number of aliphatic hydroxyl groups is 4. The van der Waals surface area contributed by atoms with Gasteiger partial charge in [-0.2, -0.15) is 0 Å². The first-order valence-electron chi connectivity index (χ1n) is 7.58. The van der Waals surface area contributed by atoms with Crippen LogP contribution in [0.2, 0.25) is 0 Å². The Kier molecular flexibility index (Phi) is 4.34. The number of fused-ring (bicyclic) bond motifs is 1. The molecule has 0 saturated carbocycles. The zero-order valence-corrected chi connectivity index (χ0v) is 15.0. The van der Waals surface area contributed by atoms with Gasteiger partial charge in [0.1, 0.15) is 6.33 Å². The van der Waals surface area contributed by atoms with E-state index in [0.717, 1.165) is 4.57 Å². The molecule has 2 heterocycles. The topological polar surface area (TPSA) is 120 Å². The van der Waals surface area contributed by atoms with E-state index in [-0.39, 0.29) is 0 Å². The lowest BCUT2D eigenvalue weighted by Crippen LogP contribution is -2.72. The van der Waals surface area contributed by atoms with Crippen molar-refractivity contribution in [1.82, 2.24) is 14.9 Å². The molecule has 0 spiro atoms. The monoisotopic (exact) mass is 391 g/mol. The third-order valence-corrected chi connectivity index (χ3v) is 5.38. The number of aromatic nitrogens is 2. The molecule has 0 amide bonds. The number of ether oxygens (including phenoxy) is 1. The van der Waals surface area contributed by atoms with Crippen LogP contribution in [0.3, 0.4) is 0 Å². The van der Waals surface area contributed by atoms with Crippen molar-refractivity contribution in [1.29, 1.82) is 0 Å². The van der Waals surface area contributed by atoms with E-state index in [4.69, 9.17) is 27.9 Å². The van der Waals surface area contributed by atoms with Gasteiger partial charge >= 0.3 is 5.91 Å². The maximum absolute atomic E-state index is 11.3. The number of halogens is 2. The zero-order valence-electron chi connectivity index (χ0n) is 13.5. The van der Waals surface area contributed by atoms with Crippen LogP contribution < -0.4 is 5.32 Å². The van der Waals surface area contributed by atoms with E-state index in [0.29, 0.717) is 11.0 Å². The van der Waals surface area contributed by atoms with E-state index in [1.807, 2.05) is 0 Å². The molecule has 1 fully saturated rings. The number of para-hydroxylation sites is 2. The zero-order chi connectivity index (χ0) is 18.7. The number of benzene rings is 1. The van der Waals surface area contributed by atoms with Gasteiger partial charge in [-0.3, -0.25) is 14.6 Å². The van der Waals surface area contributed by atoms with Gasteiger partial charge in [0.25, 0.3) is 0 Å². The molecule has 1 aliphatic heterocycles. The minimum Gasteiger partial charge on any atom is -0.392 e. The lowest BCUT2D eigenvalue weighted by molar-refractivity contribution is -0.337. The molecule has 5 N–H and O–H groups in total. The first-order valence-corrected chi connectivity index (χ1v) is 8.34. The fourth-order valence-corrected chi connectivity index (χ4v) is 3.54. The molecule has 1 aliphatic rings. The summed E-state index contributed by atoms with van der Waals surface area (Å²) in [6.45, 7) is 2.33. The van der Waals surface area contributed by atoms with Crippen molar-refractivity contribution in [3.8, 4) is 0 Å². The number of nitrogens with zero attached hydrogens (tertiary/aromatic N) is 2. The highest BCUT2D eigenvalue weighted by Gasteiger charge is 2.80. The smallest absolute Gasteiger partial charge is 0.305 e. The average molecular weight is 392 g/mol. The summed E-state index contributed by atoms with van der Waals surface area (Å²) in [4.78, 5) is 4.13. The van der Waals surface area contributed by atoms with Crippen LogP contribution in [0.25, 0.3) is 11.0 Å². The predicted molar refractivity (Wildman–Crippen MR) is 90.7 cm³/mol. The van der Waals surface area contributed by atoms with Gasteiger partial charge in [-0.25, -0.2) is 4.98 Å². The Morgan fingerprint density at radius 2 is 1.88 bits per heavy atom. The maximum atomic E-state index is 11.3. The third kappa shape index (κ3) is 2.34. The van der Waals surface area contributed by atoms with Crippen molar-refractivity contribution in [2.45, 2.75) is 41.6 Å². The standard InChI is InChI=1S/C15H19Cl2N3O5/c1-9(2)19-14(23)13(17,22)12(16,7-21)25-15(14,24)20-8-18-10-5-3-4-6-11(10)20/h3-6,8-9,19,21-24H,7H2,1-2H3/t12-,13-,14+,15+/m0/s1. The highest BCUT2D eigenvalue weighted by Crippen LogP contribution is 2.56. The van der Waals surface area contributed by atoms with Gasteiger partial charge in [0, 0.05) is 6.04 Å². The summed E-state index contributed by atoms with van der Waals surface area (Å²) < 4.78 is 6.46. The molecule has 138 valence electrons. The molecule has 3 rings (SSSR count). The van der Waals surface area contributed by atoms with Crippen LogP contribution in [0.15, 0.2) is 30.6 Å². The molecular formula is C15H19Cl2N3O5. The van der Waals surface area contributed by atoms with Crippen LogP contribution in [-0.2, 0) is 10.6 Å². The molecule has 25 heavy (non-hydrogen) atoms. The number of aliphatic hydroxyl groups excluding tert-OH is 1. The highest BCUT2D eigenvalue weighted by molar-refractivity contribution is 6.34. The largest absolute Gasteiger partial charge is 0.392 e. The first kappa shape index (κ1) is 18.8. The summed E-state index contributed by atoms with van der Waals surface area (Å²) in [5, 5.41) is 40.2. The molecular weight excluding hydrogens is 373 g/mol. The Balaban J connectivity index is 2.28. The normalized spacial score (nSPS) is 38.8. The Morgan fingerprint density at radius 3 is 2.48 bits per heavy atom. The predicted octanol–water partition coefficient (Wildman–Crippen LogP) is 0.210. The van der Waals surface area contributed by atoms with E-state index >= 15 is 0 Å². The molecule has 1 saturated heterocycles. The Labute approximate surface area is 153 Å². The Morgan fingerprint density at radius 1 is 1.24 bits per heavy atom. The van der Waals surface area contributed by atoms with Gasteiger partial charge < -0.3 is 20.4 Å². The first-order chi connectivity index (χ1) is 11.5. The van der Waals surface area contributed by atoms with E-state index in [1.165, 1.54) is 6.33 Å². The summed E-state index contributed by atoms with van der Waals surface area (Å²) in [6, 6.07) is 6.31. The third-order valence-electron chi connectivity index (χ3n) is 4.23. The minimum absolute atomic E-state index is 0.389. The van der Waals surface area contributed by atoms with Crippen molar-refractivity contribution in [3.63, 3.8) is 0 Å². The molecule has 0 bridgehead atoms. The lowest BCUT2D eigenvalue weighted by atomic mass is 9.99. The van der Waals surface area contributed by atoms with Gasteiger partial charge in [-0.1, -0.05) is 35.3 Å². The van der Waals surface area contributed by atoms with Crippen LogP contribution in [0, 0.1) is 0 Å². The molecule has 8 nitrogen and oxygen atoms in total. The molecule has 10 heteroatoms. The number of hydrogen-bond donors (Lipinski definition) is 5. The van der Waals surface area contributed by atoms with Gasteiger partial charge in [-0.05, 0) is 26.0 Å². The lowest BCUT2D eigenvalue weighted by Gasteiger charge is -2.42. The van der Waals surface area contributed by atoms with Crippen molar-refractivity contribution >= 4 is 34.2 Å². The molecule has 1 aromatic heterocycles. The fourth-order valence-electron chi connectivity index (χ4n) is 3.02. The second kappa shape index (κ2) is 5.77. The number of rotatable bonds is 4. The van der Waals surface area contributed by atoms with Crippen LogP contribution in [-0.4, -0.2) is 58.5 Å². The molecule has 4 atom stereocenters. The molecule has 0 radical (unpaired) electrons. The second-order valence-corrected chi connectivity index (χ2v) is 7.49. The van der Waals surface area contributed by atoms with E-state index < -0.39 is 34.4 Å². The van der Waals surface area contributed by atoms with Crippen molar-refractivity contribution in [2.75, 3.05) is 6.61 Å². The molecule has 2 aromatic rings. The Hall–Kier alpha value is -0.970. The van der Waals surface area contributed by atoms with Gasteiger partial charge in [0.2, 0.25) is 15.8 Å². The molecule has 0 unspecified atom stereocenters. The number of imidazole rings is 1. The minimum atomic E-state index is -2.79. The second-order valence-electron chi connectivity index (χ2n) is 6.33. The Bertz CT molecular complexity index is 800. The van der Waals surface area contributed by atoms with Crippen molar-refractivity contribution < 1.29 is 25.2 Å². The quantitative estimate of drug-likeness (QED) is 0.373. The van der Waals surface area contributed by atoms with Crippen molar-refractivity contribution in [3.05, 3.63) is 30.6 Å². The highest BCUT2D eigenvalue weighted by atomic mass is 35.5. The summed E-state index contributed by atoms with van der Waals surface area (Å²) in [5.74, 6) is -2.67. The summed E-state index contributed by atoms with van der Waals surface area (Å²) in [7, 11) is 0. The number of alkyl halides is 2. The van der Waals surface area contributed by atoms with Crippen molar-refractivity contribution in [2.24, 2.45) is 0 Å². The summed E-state index contributed by atoms with van der Waals surface area (Å²) in [5.41, 5.74) is -1.80. The number of nitrogens with one attached hydrogen (secondary N) is 1. The van der Waals surface area contributed by atoms with Gasteiger partial charge in [0.15, 0.2) is 0 Å².